The number of rotatable bonds is 2. The zero-order chi connectivity index (χ0) is 11.5. The summed E-state index contributed by atoms with van der Waals surface area (Å²) in [5.41, 5.74) is 1.51. The van der Waals surface area contributed by atoms with Crippen molar-refractivity contribution >= 4 is 5.97 Å². The molecule has 0 N–H and O–H groups in total. The Morgan fingerprint density at radius 2 is 1.93 bits per heavy atom. The van der Waals surface area contributed by atoms with Crippen molar-refractivity contribution in [2.75, 3.05) is 0 Å². The number of benzene rings is 1. The lowest BCUT2D eigenvalue weighted by Gasteiger charge is -2.21. The number of hydrogen-bond acceptors (Lipinski definition) is 2. The zero-order valence-corrected chi connectivity index (χ0v) is 9.41. The number of esters is 1. The average Bonchev–Trinajstić information content (AvgIpc) is 2.17. The van der Waals surface area contributed by atoms with Crippen LogP contribution in [-0.4, -0.2) is 5.97 Å². The summed E-state index contributed by atoms with van der Waals surface area (Å²) in [7, 11) is 0. The second-order valence-corrected chi connectivity index (χ2v) is 4.37. The van der Waals surface area contributed by atoms with Crippen LogP contribution in [0.15, 0.2) is 37.1 Å². The van der Waals surface area contributed by atoms with E-state index < -0.39 is 0 Å². The van der Waals surface area contributed by atoms with Gasteiger partial charge in [-0.05, 0) is 17.0 Å². The molecule has 2 nitrogen and oxygen atoms in total. The summed E-state index contributed by atoms with van der Waals surface area (Å²) in [5, 5.41) is 0. The Balaban J connectivity index is 3.18. The maximum atomic E-state index is 11.6. The molecule has 1 rings (SSSR count). The minimum atomic E-state index is -0.351. The number of carbonyl (C=O) groups is 1. The minimum Gasteiger partial charge on any atom is -0.432 e. The molecule has 1 aromatic rings. The van der Waals surface area contributed by atoms with E-state index in [2.05, 4.69) is 27.4 Å². The van der Waals surface area contributed by atoms with E-state index in [0.29, 0.717) is 5.56 Å². The first kappa shape index (κ1) is 11.5. The third kappa shape index (κ3) is 2.69. The van der Waals surface area contributed by atoms with E-state index in [1.807, 2.05) is 18.2 Å². The normalized spacial score (nSPS) is 10.9. The number of hydrogen-bond donors (Lipinski definition) is 0. The van der Waals surface area contributed by atoms with Gasteiger partial charge in [-0.15, -0.1) is 0 Å². The van der Waals surface area contributed by atoms with Crippen LogP contribution in [-0.2, 0) is 10.2 Å². The fourth-order valence-corrected chi connectivity index (χ4v) is 1.45. The molecule has 0 aromatic heterocycles. The van der Waals surface area contributed by atoms with E-state index in [1.165, 1.54) is 0 Å². The molecule has 0 heterocycles. The second kappa shape index (κ2) is 4.30. The summed E-state index contributed by atoms with van der Waals surface area (Å²) >= 11 is 0. The molecule has 0 fully saturated rings. The van der Waals surface area contributed by atoms with Gasteiger partial charge in [-0.2, -0.15) is 0 Å². The van der Waals surface area contributed by atoms with Crippen LogP contribution >= 0.6 is 0 Å². The molecule has 0 aliphatic heterocycles. The molecule has 0 amide bonds. The lowest BCUT2D eigenvalue weighted by atomic mass is 9.84. The summed E-state index contributed by atoms with van der Waals surface area (Å²) < 4.78 is 4.79. The van der Waals surface area contributed by atoms with Crippen LogP contribution < -0.4 is 0 Å². The molecule has 0 aliphatic rings. The van der Waals surface area contributed by atoms with E-state index in [9.17, 15) is 4.79 Å². The van der Waals surface area contributed by atoms with Gasteiger partial charge in [-0.1, -0.05) is 45.5 Å². The summed E-state index contributed by atoms with van der Waals surface area (Å²) in [6.07, 6.45) is 1.15. The molecule has 0 aliphatic carbocycles. The average molecular weight is 204 g/mol. The number of ether oxygens (including phenoxy) is 1. The third-order valence-electron chi connectivity index (χ3n) is 2.15. The van der Waals surface area contributed by atoms with E-state index >= 15 is 0 Å². The van der Waals surface area contributed by atoms with Crippen molar-refractivity contribution in [3.05, 3.63) is 48.2 Å². The van der Waals surface area contributed by atoms with Gasteiger partial charge in [0.15, 0.2) is 0 Å². The van der Waals surface area contributed by atoms with E-state index in [-0.39, 0.29) is 11.4 Å². The molecule has 0 bridgehead atoms. The van der Waals surface area contributed by atoms with Crippen molar-refractivity contribution in [2.45, 2.75) is 26.2 Å². The Morgan fingerprint density at radius 3 is 2.47 bits per heavy atom. The maximum absolute atomic E-state index is 11.6. The number of carbonyl (C=O) groups excluding carboxylic acids is 1. The molecular formula is C13H16O2. The first-order valence-corrected chi connectivity index (χ1v) is 4.88. The quantitative estimate of drug-likeness (QED) is 0.546. The highest BCUT2D eigenvalue weighted by molar-refractivity contribution is 5.91. The van der Waals surface area contributed by atoms with E-state index in [1.54, 1.807) is 6.07 Å². The van der Waals surface area contributed by atoms with Crippen molar-refractivity contribution in [2.24, 2.45) is 0 Å². The van der Waals surface area contributed by atoms with Crippen LogP contribution in [0.25, 0.3) is 0 Å². The predicted molar refractivity (Wildman–Crippen MR) is 60.8 cm³/mol. The largest absolute Gasteiger partial charge is 0.432 e. The zero-order valence-electron chi connectivity index (χ0n) is 9.41. The SMILES string of the molecule is C=COC(=O)c1ccccc1C(C)(C)C. The highest BCUT2D eigenvalue weighted by atomic mass is 16.5. The first-order chi connectivity index (χ1) is 6.96. The Bertz CT molecular complexity index is 372. The van der Waals surface area contributed by atoms with Crippen molar-refractivity contribution in [1.29, 1.82) is 0 Å². The van der Waals surface area contributed by atoms with Crippen LogP contribution in [0.2, 0.25) is 0 Å². The van der Waals surface area contributed by atoms with Gasteiger partial charge in [0.25, 0.3) is 0 Å². The molecule has 0 saturated heterocycles. The molecule has 1 aromatic carbocycles. The van der Waals surface area contributed by atoms with Gasteiger partial charge in [0, 0.05) is 0 Å². The molecule has 0 atom stereocenters. The molecule has 0 saturated carbocycles. The van der Waals surface area contributed by atoms with Crippen LogP contribution in [0.4, 0.5) is 0 Å². The summed E-state index contributed by atoms with van der Waals surface area (Å²) in [6, 6.07) is 7.46. The molecule has 15 heavy (non-hydrogen) atoms. The van der Waals surface area contributed by atoms with Crippen LogP contribution in [0.5, 0.6) is 0 Å². The second-order valence-electron chi connectivity index (χ2n) is 4.37. The van der Waals surface area contributed by atoms with Gasteiger partial charge in [0.05, 0.1) is 11.8 Å². The molecule has 0 radical (unpaired) electrons. The van der Waals surface area contributed by atoms with Gasteiger partial charge >= 0.3 is 5.97 Å². The minimum absolute atomic E-state index is 0.0726. The molecule has 0 spiro atoms. The smallest absolute Gasteiger partial charge is 0.343 e. The fourth-order valence-electron chi connectivity index (χ4n) is 1.45. The van der Waals surface area contributed by atoms with Gasteiger partial charge in [-0.25, -0.2) is 4.79 Å². The van der Waals surface area contributed by atoms with Gasteiger partial charge in [0.2, 0.25) is 0 Å². The summed E-state index contributed by atoms with van der Waals surface area (Å²) in [5.74, 6) is -0.351. The van der Waals surface area contributed by atoms with Crippen molar-refractivity contribution in [1.82, 2.24) is 0 Å². The topological polar surface area (TPSA) is 26.3 Å². The van der Waals surface area contributed by atoms with E-state index in [4.69, 9.17) is 4.74 Å². The summed E-state index contributed by atoms with van der Waals surface area (Å²) in [6.45, 7) is 9.56. The van der Waals surface area contributed by atoms with Gasteiger partial charge < -0.3 is 4.74 Å². The molecular weight excluding hydrogens is 188 g/mol. The standard InChI is InChI=1S/C13H16O2/c1-5-15-12(14)10-8-6-7-9-11(10)13(2,3)4/h5-9H,1H2,2-4H3. The van der Waals surface area contributed by atoms with E-state index in [0.717, 1.165) is 11.8 Å². The molecule has 2 heteroatoms. The fraction of sp³-hybridized carbons (Fsp3) is 0.308. The third-order valence-corrected chi connectivity index (χ3v) is 2.15. The van der Waals surface area contributed by atoms with Crippen LogP contribution in [0.1, 0.15) is 36.7 Å². The Morgan fingerprint density at radius 1 is 1.33 bits per heavy atom. The Labute approximate surface area is 90.6 Å². The van der Waals surface area contributed by atoms with Crippen molar-refractivity contribution < 1.29 is 9.53 Å². The Hall–Kier alpha value is -1.57. The highest BCUT2D eigenvalue weighted by Gasteiger charge is 2.21. The van der Waals surface area contributed by atoms with Crippen molar-refractivity contribution in [3.8, 4) is 0 Å². The summed E-state index contributed by atoms with van der Waals surface area (Å²) in [4.78, 5) is 11.6. The predicted octanol–water partition coefficient (Wildman–Crippen LogP) is 3.28. The van der Waals surface area contributed by atoms with Gasteiger partial charge in [-0.3, -0.25) is 0 Å². The monoisotopic (exact) mass is 204 g/mol. The molecule has 0 unspecified atom stereocenters. The first-order valence-electron chi connectivity index (χ1n) is 4.88. The lowest BCUT2D eigenvalue weighted by Crippen LogP contribution is -2.17. The molecule has 80 valence electrons. The highest BCUT2D eigenvalue weighted by Crippen LogP contribution is 2.26. The Kier molecular flexibility index (Phi) is 3.30. The maximum Gasteiger partial charge on any atom is 0.343 e. The van der Waals surface area contributed by atoms with Crippen LogP contribution in [0.3, 0.4) is 0 Å². The van der Waals surface area contributed by atoms with Crippen molar-refractivity contribution in [3.63, 3.8) is 0 Å². The van der Waals surface area contributed by atoms with Crippen LogP contribution in [0, 0.1) is 0 Å². The van der Waals surface area contributed by atoms with Gasteiger partial charge in [0.1, 0.15) is 0 Å². The lowest BCUT2D eigenvalue weighted by molar-refractivity contribution is 0.0661.